The second-order valence-corrected chi connectivity index (χ2v) is 6.90. The molecule has 1 amide bonds. The average molecular weight is 334 g/mol. The second kappa shape index (κ2) is 7.00. The summed E-state index contributed by atoms with van der Waals surface area (Å²) in [5.74, 6) is 0.938. The molecule has 0 atom stereocenters. The highest BCUT2D eigenvalue weighted by atomic mass is 32.1. The molecule has 0 aliphatic rings. The van der Waals surface area contributed by atoms with E-state index in [-0.39, 0.29) is 11.3 Å². The van der Waals surface area contributed by atoms with Gasteiger partial charge in [0.2, 0.25) is 0 Å². The van der Waals surface area contributed by atoms with E-state index in [1.807, 2.05) is 12.3 Å². The lowest BCUT2D eigenvalue weighted by Crippen LogP contribution is -2.14. The SMILES string of the molecule is CCOc1cc(C(=O)Nc2nc(C(C)(C)C)cs2)ccc1OC. The van der Waals surface area contributed by atoms with Crippen LogP contribution in [0.4, 0.5) is 5.13 Å². The van der Waals surface area contributed by atoms with Gasteiger partial charge in [-0.3, -0.25) is 10.1 Å². The molecule has 0 saturated heterocycles. The van der Waals surface area contributed by atoms with Gasteiger partial charge in [0.05, 0.1) is 19.4 Å². The van der Waals surface area contributed by atoms with Crippen LogP contribution in [0.1, 0.15) is 43.7 Å². The number of benzene rings is 1. The molecule has 23 heavy (non-hydrogen) atoms. The van der Waals surface area contributed by atoms with Crippen LogP contribution in [0.2, 0.25) is 0 Å². The summed E-state index contributed by atoms with van der Waals surface area (Å²) in [4.78, 5) is 16.9. The number of aromatic nitrogens is 1. The Morgan fingerprint density at radius 3 is 2.61 bits per heavy atom. The molecule has 0 unspecified atom stereocenters. The maximum absolute atomic E-state index is 12.4. The van der Waals surface area contributed by atoms with Crippen LogP contribution in [0.25, 0.3) is 0 Å². The van der Waals surface area contributed by atoms with Gasteiger partial charge in [0.1, 0.15) is 0 Å². The molecule has 0 radical (unpaired) electrons. The van der Waals surface area contributed by atoms with E-state index in [1.165, 1.54) is 11.3 Å². The van der Waals surface area contributed by atoms with E-state index in [2.05, 4.69) is 31.1 Å². The number of hydrogen-bond acceptors (Lipinski definition) is 5. The zero-order valence-electron chi connectivity index (χ0n) is 14.1. The Morgan fingerprint density at radius 2 is 2.04 bits per heavy atom. The molecule has 1 aromatic carbocycles. The van der Waals surface area contributed by atoms with E-state index in [9.17, 15) is 4.79 Å². The highest BCUT2D eigenvalue weighted by Crippen LogP contribution is 2.29. The van der Waals surface area contributed by atoms with Gasteiger partial charge in [-0.25, -0.2) is 4.98 Å². The molecule has 1 aromatic heterocycles. The van der Waals surface area contributed by atoms with Crippen LogP contribution >= 0.6 is 11.3 Å². The van der Waals surface area contributed by atoms with Gasteiger partial charge in [0.25, 0.3) is 5.91 Å². The fraction of sp³-hybridized carbons (Fsp3) is 0.412. The van der Waals surface area contributed by atoms with Gasteiger partial charge in [-0.1, -0.05) is 20.8 Å². The Hall–Kier alpha value is -2.08. The van der Waals surface area contributed by atoms with Gasteiger partial charge < -0.3 is 9.47 Å². The summed E-state index contributed by atoms with van der Waals surface area (Å²) >= 11 is 1.42. The van der Waals surface area contributed by atoms with Gasteiger partial charge in [-0.15, -0.1) is 11.3 Å². The number of amides is 1. The standard InChI is InChI=1S/C17H22N2O3S/c1-6-22-13-9-11(7-8-12(13)21-5)15(20)19-16-18-14(10-23-16)17(2,3)4/h7-10H,6H2,1-5H3,(H,18,19,20). The molecule has 0 saturated carbocycles. The fourth-order valence-electron chi connectivity index (χ4n) is 1.93. The third kappa shape index (κ3) is 4.22. The summed E-state index contributed by atoms with van der Waals surface area (Å²) in [6, 6.07) is 5.10. The lowest BCUT2D eigenvalue weighted by molar-refractivity contribution is 0.102. The van der Waals surface area contributed by atoms with Crippen molar-refractivity contribution < 1.29 is 14.3 Å². The number of thiazole rings is 1. The third-order valence-electron chi connectivity index (χ3n) is 3.22. The van der Waals surface area contributed by atoms with Crippen molar-refractivity contribution >= 4 is 22.4 Å². The summed E-state index contributed by atoms with van der Waals surface area (Å²) in [5.41, 5.74) is 1.42. The van der Waals surface area contributed by atoms with Crippen molar-refractivity contribution in [1.29, 1.82) is 0 Å². The van der Waals surface area contributed by atoms with Crippen molar-refractivity contribution in [3.8, 4) is 11.5 Å². The summed E-state index contributed by atoms with van der Waals surface area (Å²) < 4.78 is 10.7. The quantitative estimate of drug-likeness (QED) is 0.894. The molecule has 0 bridgehead atoms. The minimum atomic E-state index is -0.219. The van der Waals surface area contributed by atoms with E-state index in [0.29, 0.717) is 28.8 Å². The number of hydrogen-bond donors (Lipinski definition) is 1. The summed E-state index contributed by atoms with van der Waals surface area (Å²) in [6.07, 6.45) is 0. The number of methoxy groups -OCH3 is 1. The van der Waals surface area contributed by atoms with Crippen molar-refractivity contribution in [3.05, 3.63) is 34.8 Å². The van der Waals surface area contributed by atoms with Crippen LogP contribution in [0.3, 0.4) is 0 Å². The van der Waals surface area contributed by atoms with Crippen molar-refractivity contribution in [2.45, 2.75) is 33.1 Å². The molecular formula is C17H22N2O3S. The first kappa shape index (κ1) is 17.3. The van der Waals surface area contributed by atoms with Crippen LogP contribution in [-0.4, -0.2) is 24.6 Å². The molecule has 6 heteroatoms. The Labute approximate surface area is 140 Å². The number of anilines is 1. The number of carbonyl (C=O) groups excluding carboxylic acids is 1. The highest BCUT2D eigenvalue weighted by Gasteiger charge is 2.19. The van der Waals surface area contributed by atoms with Crippen LogP contribution in [-0.2, 0) is 5.41 Å². The lowest BCUT2D eigenvalue weighted by atomic mass is 9.93. The molecule has 0 aliphatic heterocycles. The first-order valence-corrected chi connectivity index (χ1v) is 8.31. The van der Waals surface area contributed by atoms with Crippen LogP contribution in [0.15, 0.2) is 23.6 Å². The number of carbonyl (C=O) groups is 1. The average Bonchev–Trinajstić information content (AvgIpc) is 2.96. The fourth-order valence-corrected chi connectivity index (χ4v) is 2.86. The summed E-state index contributed by atoms with van der Waals surface area (Å²) in [7, 11) is 1.57. The molecule has 2 aromatic rings. The summed E-state index contributed by atoms with van der Waals surface area (Å²) in [5, 5.41) is 5.39. The van der Waals surface area contributed by atoms with E-state index >= 15 is 0 Å². The van der Waals surface area contributed by atoms with E-state index in [4.69, 9.17) is 9.47 Å². The minimum absolute atomic E-state index is 0.0400. The molecule has 0 fully saturated rings. The summed E-state index contributed by atoms with van der Waals surface area (Å²) in [6.45, 7) is 8.65. The maximum Gasteiger partial charge on any atom is 0.257 e. The predicted octanol–water partition coefficient (Wildman–Crippen LogP) is 4.10. The van der Waals surface area contributed by atoms with Crippen molar-refractivity contribution in [1.82, 2.24) is 4.98 Å². The minimum Gasteiger partial charge on any atom is -0.493 e. The van der Waals surface area contributed by atoms with Crippen LogP contribution in [0, 0.1) is 0 Å². The van der Waals surface area contributed by atoms with Gasteiger partial charge in [0.15, 0.2) is 16.6 Å². The normalized spacial score (nSPS) is 11.2. The van der Waals surface area contributed by atoms with E-state index in [0.717, 1.165) is 5.69 Å². The number of ether oxygens (including phenoxy) is 2. The molecular weight excluding hydrogens is 312 g/mol. The van der Waals surface area contributed by atoms with Crippen molar-refractivity contribution in [2.24, 2.45) is 0 Å². The van der Waals surface area contributed by atoms with Crippen LogP contribution < -0.4 is 14.8 Å². The molecule has 5 nitrogen and oxygen atoms in total. The maximum atomic E-state index is 12.4. The zero-order valence-corrected chi connectivity index (χ0v) is 14.9. The number of nitrogens with zero attached hydrogens (tertiary/aromatic N) is 1. The van der Waals surface area contributed by atoms with Crippen molar-refractivity contribution in [2.75, 3.05) is 19.0 Å². The molecule has 1 heterocycles. The van der Waals surface area contributed by atoms with Crippen molar-refractivity contribution in [3.63, 3.8) is 0 Å². The molecule has 1 N–H and O–H groups in total. The second-order valence-electron chi connectivity index (χ2n) is 6.04. The molecule has 2 rings (SSSR count). The molecule has 124 valence electrons. The van der Waals surface area contributed by atoms with Gasteiger partial charge in [-0.2, -0.15) is 0 Å². The van der Waals surface area contributed by atoms with Crippen LogP contribution in [0.5, 0.6) is 11.5 Å². The Kier molecular flexibility index (Phi) is 5.26. The monoisotopic (exact) mass is 334 g/mol. The van der Waals surface area contributed by atoms with Gasteiger partial charge in [0, 0.05) is 16.4 Å². The number of rotatable bonds is 5. The van der Waals surface area contributed by atoms with Gasteiger partial charge in [-0.05, 0) is 25.1 Å². The molecule has 0 spiro atoms. The molecule has 0 aliphatic carbocycles. The lowest BCUT2D eigenvalue weighted by Gasteiger charge is -2.14. The Balaban J connectivity index is 2.17. The highest BCUT2D eigenvalue weighted by molar-refractivity contribution is 7.14. The Morgan fingerprint density at radius 1 is 1.30 bits per heavy atom. The topological polar surface area (TPSA) is 60.5 Å². The van der Waals surface area contributed by atoms with E-state index in [1.54, 1.807) is 25.3 Å². The first-order chi connectivity index (χ1) is 10.8. The first-order valence-electron chi connectivity index (χ1n) is 7.43. The Bertz CT molecular complexity index is 689. The van der Waals surface area contributed by atoms with E-state index < -0.39 is 0 Å². The predicted molar refractivity (Wildman–Crippen MR) is 92.9 cm³/mol. The zero-order chi connectivity index (χ0) is 17.0. The van der Waals surface area contributed by atoms with Gasteiger partial charge >= 0.3 is 0 Å². The number of nitrogens with one attached hydrogen (secondary N) is 1. The smallest absolute Gasteiger partial charge is 0.257 e. The third-order valence-corrected chi connectivity index (χ3v) is 3.98. The largest absolute Gasteiger partial charge is 0.493 e.